The fourth-order valence-corrected chi connectivity index (χ4v) is 11.6. The smallest absolute Gasteiger partial charge is 0.462 e. The van der Waals surface area contributed by atoms with Gasteiger partial charge in [0.15, 0.2) is 12.2 Å². The predicted molar refractivity (Wildman–Crippen MR) is 418 cm³/mol. The number of hydrogen-bond acceptors (Lipinski definition) is 15. The fourth-order valence-electron chi connectivity index (χ4n) is 10.0. The van der Waals surface area contributed by atoms with Gasteiger partial charge >= 0.3 is 39.5 Å². The lowest BCUT2D eigenvalue weighted by molar-refractivity contribution is -0.161. The minimum atomic E-state index is -5.00. The number of phosphoric ester groups is 2. The quantitative estimate of drug-likeness (QED) is 0.0169. The maximum Gasteiger partial charge on any atom is 0.472 e. The largest absolute Gasteiger partial charge is 0.472 e. The van der Waals surface area contributed by atoms with Crippen LogP contribution in [0.2, 0.25) is 0 Å². The van der Waals surface area contributed by atoms with Crippen LogP contribution in [0.3, 0.4) is 0 Å². The van der Waals surface area contributed by atoms with E-state index in [0.717, 1.165) is 173 Å². The Kier molecular flexibility index (Phi) is 71.0. The van der Waals surface area contributed by atoms with Crippen molar-refractivity contribution in [1.29, 1.82) is 0 Å². The van der Waals surface area contributed by atoms with Gasteiger partial charge in [-0.15, -0.1) is 0 Å². The molecule has 0 bridgehead atoms. The van der Waals surface area contributed by atoms with Gasteiger partial charge in [0.25, 0.3) is 0 Å². The molecule has 0 aliphatic rings. The normalized spacial score (nSPS) is 14.6. The third-order valence-corrected chi connectivity index (χ3v) is 18.0. The monoisotopic (exact) mass is 1470 g/mol. The van der Waals surface area contributed by atoms with Crippen molar-refractivity contribution in [2.45, 2.75) is 329 Å². The van der Waals surface area contributed by atoms with Crippen LogP contribution in [0, 0.1) is 0 Å². The van der Waals surface area contributed by atoms with Crippen LogP contribution in [-0.4, -0.2) is 96.7 Å². The van der Waals surface area contributed by atoms with Crippen molar-refractivity contribution in [3.05, 3.63) is 134 Å². The molecule has 0 aromatic carbocycles. The maximum absolute atomic E-state index is 13.1. The molecule has 584 valence electrons. The summed E-state index contributed by atoms with van der Waals surface area (Å²) in [4.78, 5) is 72.9. The molecule has 0 saturated heterocycles. The molecule has 0 saturated carbocycles. The Morgan fingerprint density at radius 1 is 0.284 bits per heavy atom. The Labute approximate surface area is 618 Å². The number of carbonyl (C=O) groups excluding carboxylic acids is 4. The minimum Gasteiger partial charge on any atom is -0.462 e. The van der Waals surface area contributed by atoms with Crippen molar-refractivity contribution >= 4 is 39.5 Å². The molecule has 5 atom stereocenters. The summed E-state index contributed by atoms with van der Waals surface area (Å²) in [5, 5.41) is 10.6. The Morgan fingerprint density at radius 3 is 0.863 bits per heavy atom. The molecule has 0 heterocycles. The Morgan fingerprint density at radius 2 is 0.529 bits per heavy atom. The van der Waals surface area contributed by atoms with Gasteiger partial charge in [-0.3, -0.25) is 37.3 Å². The lowest BCUT2D eigenvalue weighted by atomic mass is 10.1. The van der Waals surface area contributed by atoms with Crippen molar-refractivity contribution in [1.82, 2.24) is 0 Å². The zero-order valence-electron chi connectivity index (χ0n) is 63.7. The number of rotatable bonds is 73. The average molecular weight is 1470 g/mol. The number of esters is 4. The Bertz CT molecular complexity index is 2460. The maximum atomic E-state index is 13.1. The molecular weight excluding hydrogens is 1330 g/mol. The number of unbranched alkanes of at least 4 members (excludes halogenated alkanes) is 25. The average Bonchev–Trinajstić information content (AvgIpc) is 0.927. The Hall–Kier alpha value is -4.80. The van der Waals surface area contributed by atoms with Crippen LogP contribution in [0.4, 0.5) is 0 Å². The van der Waals surface area contributed by atoms with E-state index in [9.17, 15) is 43.2 Å². The fraction of sp³-hybridized carbons (Fsp3) is 0.687. The van der Waals surface area contributed by atoms with Gasteiger partial charge in [0.2, 0.25) is 0 Å². The van der Waals surface area contributed by atoms with Gasteiger partial charge in [0, 0.05) is 25.7 Å². The third-order valence-electron chi connectivity index (χ3n) is 16.1. The summed E-state index contributed by atoms with van der Waals surface area (Å²) in [6, 6.07) is 0. The molecule has 102 heavy (non-hydrogen) atoms. The van der Waals surface area contributed by atoms with Crippen LogP contribution in [0.1, 0.15) is 310 Å². The first kappa shape index (κ1) is 97.2. The van der Waals surface area contributed by atoms with Gasteiger partial charge in [0.1, 0.15) is 19.3 Å². The molecule has 5 unspecified atom stereocenters. The second kappa shape index (κ2) is 74.5. The first-order valence-corrected chi connectivity index (χ1v) is 42.4. The van der Waals surface area contributed by atoms with Crippen LogP contribution >= 0.6 is 15.6 Å². The zero-order chi connectivity index (χ0) is 74.6. The highest BCUT2D eigenvalue weighted by Gasteiger charge is 2.30. The van der Waals surface area contributed by atoms with E-state index in [0.29, 0.717) is 32.1 Å². The van der Waals surface area contributed by atoms with Gasteiger partial charge in [-0.1, -0.05) is 264 Å². The summed E-state index contributed by atoms with van der Waals surface area (Å²) in [5.74, 6) is -2.28. The summed E-state index contributed by atoms with van der Waals surface area (Å²) in [5.41, 5.74) is 0. The van der Waals surface area contributed by atoms with Gasteiger partial charge in [-0.2, -0.15) is 0 Å². The zero-order valence-corrected chi connectivity index (χ0v) is 65.5. The number of aliphatic hydroxyl groups is 1. The molecule has 19 heteroatoms. The highest BCUT2D eigenvalue weighted by Crippen LogP contribution is 2.45. The van der Waals surface area contributed by atoms with Crippen molar-refractivity contribution in [2.24, 2.45) is 0 Å². The highest BCUT2D eigenvalue weighted by molar-refractivity contribution is 7.47. The van der Waals surface area contributed by atoms with Crippen molar-refractivity contribution < 1.29 is 80.2 Å². The van der Waals surface area contributed by atoms with E-state index >= 15 is 0 Å². The number of ether oxygens (including phenoxy) is 4. The summed E-state index contributed by atoms with van der Waals surface area (Å²) >= 11 is 0. The van der Waals surface area contributed by atoms with Crippen LogP contribution < -0.4 is 0 Å². The van der Waals surface area contributed by atoms with Gasteiger partial charge in [-0.25, -0.2) is 9.13 Å². The van der Waals surface area contributed by atoms with E-state index in [4.69, 9.17) is 37.0 Å². The number of allylic oxidation sites excluding steroid dienone is 22. The van der Waals surface area contributed by atoms with Crippen molar-refractivity contribution in [3.63, 3.8) is 0 Å². The van der Waals surface area contributed by atoms with Gasteiger partial charge in [0.05, 0.1) is 26.4 Å². The van der Waals surface area contributed by atoms with Crippen LogP contribution in [0.25, 0.3) is 0 Å². The molecule has 0 fully saturated rings. The third kappa shape index (κ3) is 73.5. The summed E-state index contributed by atoms with van der Waals surface area (Å²) in [6.45, 7) is 4.56. The molecule has 0 radical (unpaired) electrons. The molecule has 0 aliphatic carbocycles. The number of carbonyl (C=O) groups is 4. The summed E-state index contributed by atoms with van der Waals surface area (Å²) < 4.78 is 68.4. The number of phosphoric acid groups is 2. The van der Waals surface area contributed by atoms with Crippen molar-refractivity contribution in [2.75, 3.05) is 39.6 Å². The molecule has 0 aromatic heterocycles. The molecular formula is C83H140O17P2. The van der Waals surface area contributed by atoms with E-state index in [1.54, 1.807) is 0 Å². The second-order valence-corrected chi connectivity index (χ2v) is 28.8. The second-order valence-electron chi connectivity index (χ2n) is 25.9. The predicted octanol–water partition coefficient (Wildman–Crippen LogP) is 22.9. The van der Waals surface area contributed by atoms with E-state index in [-0.39, 0.29) is 25.7 Å². The first-order valence-electron chi connectivity index (χ1n) is 39.4. The molecule has 17 nitrogen and oxygen atoms in total. The Balaban J connectivity index is 5.41. The van der Waals surface area contributed by atoms with Gasteiger partial charge in [-0.05, 0) is 154 Å². The van der Waals surface area contributed by atoms with Crippen LogP contribution in [0.5, 0.6) is 0 Å². The van der Waals surface area contributed by atoms with E-state index in [1.807, 2.05) is 12.2 Å². The molecule has 0 aliphatic heterocycles. The van der Waals surface area contributed by atoms with E-state index in [2.05, 4.69) is 149 Å². The molecule has 0 spiro atoms. The van der Waals surface area contributed by atoms with E-state index in [1.165, 1.54) is 51.4 Å². The molecule has 3 N–H and O–H groups in total. The SMILES string of the molecule is CC/C=C\C/C=C\C/C=C\C/C=C\C/C=C\CCCC(=O)OC(COC(=O)CCCCCCCC/C=C\C/C=C\C/C=C\CCCCC)COP(=O)(O)OCC(O)COP(=O)(O)OCC(COC(=O)CCCCCCC/C=C\C/C=C\CCCCC)OC(=O)CCCCCCC/C=C\CCCC. The molecule has 0 rings (SSSR count). The lowest BCUT2D eigenvalue weighted by Crippen LogP contribution is -2.30. The van der Waals surface area contributed by atoms with Gasteiger partial charge < -0.3 is 33.8 Å². The first-order chi connectivity index (χ1) is 49.7. The van der Waals surface area contributed by atoms with Crippen LogP contribution in [0.15, 0.2) is 134 Å². The standard InChI is InChI=1S/C83H140O17P2/c1-5-9-13-17-21-25-29-32-35-37-38-40-42-45-49-52-56-60-64-68-81(86)94-74-79(100-83(88)70-66-62-58-54-50-46-43-39-36-33-30-26-22-18-14-10-6-2)76-98-102(91,92)96-72-77(84)71-95-101(89,90)97-75-78(99-82(87)69-65-61-57-53-47-28-24-20-16-12-8-4)73-93-80(85)67-63-59-55-51-48-44-41-34-31-27-23-19-15-11-7-3/h10,14,20-27,32-36,38,40-41,43,46,54,58,77-79,84H,5-9,11-13,15-19,28-31,37,39,42,44-45,47-53,55-57,59-76H2,1-4H3,(H,89,90)(H,91,92)/b14-10-,24-20-,25-21-,26-22-,27-23-,35-32-,36-33-,40-38-,41-34-,46-43-,58-54-. The van der Waals surface area contributed by atoms with Crippen molar-refractivity contribution in [3.8, 4) is 0 Å². The topological polar surface area (TPSA) is 237 Å². The summed E-state index contributed by atoms with van der Waals surface area (Å²) in [7, 11) is -9.98. The number of aliphatic hydroxyl groups excluding tert-OH is 1. The minimum absolute atomic E-state index is 0.0101. The lowest BCUT2D eigenvalue weighted by Gasteiger charge is -2.21. The van der Waals surface area contributed by atoms with E-state index < -0.39 is 97.5 Å². The van der Waals surface area contributed by atoms with Crippen LogP contribution in [-0.2, 0) is 65.4 Å². The number of hydrogen-bond donors (Lipinski definition) is 3. The highest BCUT2D eigenvalue weighted by atomic mass is 31.2. The molecule has 0 amide bonds. The molecule has 0 aromatic rings. The summed E-state index contributed by atoms with van der Waals surface area (Å²) in [6.07, 6.45) is 83.0.